The minimum absolute atomic E-state index is 0.0326. The molecule has 1 aliphatic rings. The Balaban J connectivity index is 2.00. The standard InChI is InChI=1S/C13H17ClN2OS/c1-8(9-6-15-7-9)13(17)16-10-3-4-12(18-2)11(14)5-10/h3-5,8-9,15H,6-7H2,1-2H3,(H,16,17). The Kier molecular flexibility index (Phi) is 4.54. The minimum atomic E-state index is 0.0326. The van der Waals surface area contributed by atoms with Gasteiger partial charge >= 0.3 is 0 Å². The number of nitrogens with one attached hydrogen (secondary N) is 2. The maximum absolute atomic E-state index is 12.0. The molecule has 98 valence electrons. The summed E-state index contributed by atoms with van der Waals surface area (Å²) in [4.78, 5) is 13.0. The molecule has 1 fully saturated rings. The van der Waals surface area contributed by atoms with Crippen LogP contribution in [0.15, 0.2) is 23.1 Å². The minimum Gasteiger partial charge on any atom is -0.326 e. The summed E-state index contributed by atoms with van der Waals surface area (Å²) in [6.45, 7) is 3.83. The van der Waals surface area contributed by atoms with Crippen molar-refractivity contribution in [1.82, 2.24) is 5.32 Å². The SMILES string of the molecule is CSc1ccc(NC(=O)C(C)C2CNC2)cc1Cl. The molecule has 1 amide bonds. The van der Waals surface area contributed by atoms with Gasteiger partial charge in [0.15, 0.2) is 0 Å². The average Bonchev–Trinajstić information content (AvgIpc) is 2.26. The molecule has 2 N–H and O–H groups in total. The van der Waals surface area contributed by atoms with Crippen molar-refractivity contribution in [3.05, 3.63) is 23.2 Å². The van der Waals surface area contributed by atoms with E-state index in [0.717, 1.165) is 23.7 Å². The van der Waals surface area contributed by atoms with Crippen LogP contribution < -0.4 is 10.6 Å². The Hall–Kier alpha value is -0.710. The van der Waals surface area contributed by atoms with Crippen LogP contribution >= 0.6 is 23.4 Å². The Morgan fingerprint density at radius 2 is 2.28 bits per heavy atom. The summed E-state index contributed by atoms with van der Waals surface area (Å²) in [5.41, 5.74) is 0.766. The maximum Gasteiger partial charge on any atom is 0.227 e. The second-order valence-electron chi connectivity index (χ2n) is 4.55. The summed E-state index contributed by atoms with van der Waals surface area (Å²) >= 11 is 7.71. The van der Waals surface area contributed by atoms with E-state index >= 15 is 0 Å². The van der Waals surface area contributed by atoms with Gasteiger partial charge in [-0.05, 0) is 43.5 Å². The van der Waals surface area contributed by atoms with Gasteiger partial charge in [-0.25, -0.2) is 0 Å². The van der Waals surface area contributed by atoms with Crippen LogP contribution in [0.4, 0.5) is 5.69 Å². The number of carbonyl (C=O) groups is 1. The average molecular weight is 285 g/mol. The predicted molar refractivity (Wildman–Crippen MR) is 77.4 cm³/mol. The lowest BCUT2D eigenvalue weighted by Gasteiger charge is -2.31. The van der Waals surface area contributed by atoms with E-state index in [2.05, 4.69) is 10.6 Å². The zero-order valence-corrected chi connectivity index (χ0v) is 12.1. The van der Waals surface area contributed by atoms with Crippen molar-refractivity contribution in [2.75, 3.05) is 24.7 Å². The fourth-order valence-electron chi connectivity index (χ4n) is 1.88. The number of rotatable bonds is 4. The summed E-state index contributed by atoms with van der Waals surface area (Å²) in [7, 11) is 0. The van der Waals surface area contributed by atoms with Crippen LogP contribution in [0, 0.1) is 11.8 Å². The highest BCUT2D eigenvalue weighted by molar-refractivity contribution is 7.98. The van der Waals surface area contributed by atoms with Gasteiger partial charge < -0.3 is 10.6 Å². The summed E-state index contributed by atoms with van der Waals surface area (Å²) in [5.74, 6) is 0.547. The van der Waals surface area contributed by atoms with E-state index in [1.807, 2.05) is 25.3 Å². The highest BCUT2D eigenvalue weighted by Gasteiger charge is 2.28. The number of benzene rings is 1. The molecule has 1 unspecified atom stereocenters. The third kappa shape index (κ3) is 2.99. The second-order valence-corrected chi connectivity index (χ2v) is 5.80. The lowest BCUT2D eigenvalue weighted by Crippen LogP contribution is -2.48. The molecule has 0 saturated carbocycles. The maximum atomic E-state index is 12.0. The van der Waals surface area contributed by atoms with Crippen molar-refractivity contribution in [2.24, 2.45) is 11.8 Å². The first-order valence-electron chi connectivity index (χ1n) is 5.97. The first-order chi connectivity index (χ1) is 8.61. The summed E-state index contributed by atoms with van der Waals surface area (Å²) in [6, 6.07) is 5.62. The van der Waals surface area contributed by atoms with Gasteiger partial charge in [0, 0.05) is 16.5 Å². The highest BCUT2D eigenvalue weighted by Crippen LogP contribution is 2.28. The van der Waals surface area contributed by atoms with Gasteiger partial charge in [0.2, 0.25) is 5.91 Å². The smallest absolute Gasteiger partial charge is 0.227 e. The molecule has 1 heterocycles. The normalized spacial score (nSPS) is 17.1. The fourth-order valence-corrected chi connectivity index (χ4v) is 2.75. The van der Waals surface area contributed by atoms with E-state index in [4.69, 9.17) is 11.6 Å². The zero-order valence-electron chi connectivity index (χ0n) is 10.5. The molecule has 1 aromatic rings. The lowest BCUT2D eigenvalue weighted by atomic mass is 9.88. The van der Waals surface area contributed by atoms with E-state index in [-0.39, 0.29) is 11.8 Å². The van der Waals surface area contributed by atoms with Gasteiger partial charge in [-0.2, -0.15) is 0 Å². The predicted octanol–water partition coefficient (Wildman–Crippen LogP) is 2.86. The Labute approximate surface area is 117 Å². The summed E-state index contributed by atoms with van der Waals surface area (Å²) < 4.78 is 0. The van der Waals surface area contributed by atoms with Crippen LogP contribution in [-0.2, 0) is 4.79 Å². The molecule has 1 atom stereocenters. The third-order valence-corrected chi connectivity index (χ3v) is 4.57. The molecule has 0 bridgehead atoms. The van der Waals surface area contributed by atoms with Gasteiger partial charge in [0.25, 0.3) is 0 Å². The number of halogens is 1. The van der Waals surface area contributed by atoms with E-state index in [0.29, 0.717) is 10.9 Å². The number of hydrogen-bond donors (Lipinski definition) is 2. The molecular formula is C13H17ClN2OS. The van der Waals surface area contributed by atoms with Crippen molar-refractivity contribution in [2.45, 2.75) is 11.8 Å². The summed E-state index contributed by atoms with van der Waals surface area (Å²) in [6.07, 6.45) is 1.98. The molecule has 2 rings (SSSR count). The Bertz CT molecular complexity index is 449. The van der Waals surface area contributed by atoms with E-state index in [9.17, 15) is 4.79 Å². The Morgan fingerprint density at radius 1 is 1.56 bits per heavy atom. The monoisotopic (exact) mass is 284 g/mol. The highest BCUT2D eigenvalue weighted by atomic mass is 35.5. The summed E-state index contributed by atoms with van der Waals surface area (Å²) in [5, 5.41) is 6.78. The number of thioether (sulfide) groups is 1. The lowest BCUT2D eigenvalue weighted by molar-refractivity contribution is -0.121. The van der Waals surface area contributed by atoms with Gasteiger partial charge in [0.1, 0.15) is 0 Å². The van der Waals surface area contributed by atoms with Gasteiger partial charge in [-0.15, -0.1) is 11.8 Å². The number of anilines is 1. The van der Waals surface area contributed by atoms with Crippen molar-refractivity contribution in [3.63, 3.8) is 0 Å². The van der Waals surface area contributed by atoms with Crippen LogP contribution in [0.25, 0.3) is 0 Å². The van der Waals surface area contributed by atoms with Crippen molar-refractivity contribution >= 4 is 35.0 Å². The quantitative estimate of drug-likeness (QED) is 0.836. The second kappa shape index (κ2) is 5.95. The van der Waals surface area contributed by atoms with Gasteiger partial charge in [0.05, 0.1) is 5.02 Å². The first kappa shape index (κ1) is 13.7. The van der Waals surface area contributed by atoms with Crippen LogP contribution in [0.5, 0.6) is 0 Å². The Morgan fingerprint density at radius 3 is 2.78 bits per heavy atom. The number of carbonyl (C=O) groups excluding carboxylic acids is 1. The largest absolute Gasteiger partial charge is 0.326 e. The van der Waals surface area contributed by atoms with Gasteiger partial charge in [-0.3, -0.25) is 4.79 Å². The zero-order chi connectivity index (χ0) is 13.1. The molecule has 1 saturated heterocycles. The van der Waals surface area contributed by atoms with Crippen molar-refractivity contribution < 1.29 is 4.79 Å². The first-order valence-corrected chi connectivity index (χ1v) is 7.57. The van der Waals surface area contributed by atoms with Crippen LogP contribution in [0.2, 0.25) is 5.02 Å². The molecule has 0 spiro atoms. The molecule has 1 aromatic carbocycles. The van der Waals surface area contributed by atoms with E-state index in [1.165, 1.54) is 0 Å². The fraction of sp³-hybridized carbons (Fsp3) is 0.462. The number of hydrogen-bond acceptors (Lipinski definition) is 3. The van der Waals surface area contributed by atoms with Crippen LogP contribution in [0.1, 0.15) is 6.92 Å². The molecule has 3 nitrogen and oxygen atoms in total. The molecule has 0 aromatic heterocycles. The van der Waals surface area contributed by atoms with E-state index < -0.39 is 0 Å². The van der Waals surface area contributed by atoms with Crippen LogP contribution in [0.3, 0.4) is 0 Å². The molecule has 1 aliphatic heterocycles. The molecular weight excluding hydrogens is 268 g/mol. The third-order valence-electron chi connectivity index (χ3n) is 3.35. The van der Waals surface area contributed by atoms with Crippen LogP contribution in [-0.4, -0.2) is 25.3 Å². The van der Waals surface area contributed by atoms with Crippen molar-refractivity contribution in [3.8, 4) is 0 Å². The molecule has 5 heteroatoms. The molecule has 0 aliphatic carbocycles. The van der Waals surface area contributed by atoms with E-state index in [1.54, 1.807) is 17.8 Å². The molecule has 18 heavy (non-hydrogen) atoms. The number of amides is 1. The van der Waals surface area contributed by atoms with Gasteiger partial charge in [-0.1, -0.05) is 18.5 Å². The topological polar surface area (TPSA) is 41.1 Å². The van der Waals surface area contributed by atoms with Crippen molar-refractivity contribution in [1.29, 1.82) is 0 Å². The molecule has 0 radical (unpaired) electrons.